The van der Waals surface area contributed by atoms with Crippen LogP contribution in [0.1, 0.15) is 13.8 Å². The molecule has 0 amide bonds. The summed E-state index contributed by atoms with van der Waals surface area (Å²) in [6.45, 7) is 2.72. The monoisotopic (exact) mass is 221 g/mol. The number of aliphatic carboxylic acids is 2. The molecule has 0 bridgehead atoms. The topological polar surface area (TPSA) is 128 Å². The number of nitrogens with zero attached hydrogens (tertiary/aromatic N) is 1. The summed E-state index contributed by atoms with van der Waals surface area (Å²) >= 11 is 0. The summed E-state index contributed by atoms with van der Waals surface area (Å²) in [5.74, 6) is -1.45. The summed E-state index contributed by atoms with van der Waals surface area (Å²) in [4.78, 5) is 19.8. The van der Waals surface area contributed by atoms with Crippen molar-refractivity contribution in [3.63, 3.8) is 0 Å². The molecule has 0 aliphatic heterocycles. The first-order valence-corrected chi connectivity index (χ1v) is 3.96. The van der Waals surface area contributed by atoms with E-state index in [1.807, 2.05) is 19.0 Å². The van der Waals surface area contributed by atoms with Gasteiger partial charge in [-0.25, -0.2) is 0 Å². The molecule has 0 radical (unpaired) electrons. The molecule has 0 aromatic carbocycles. The van der Waals surface area contributed by atoms with Gasteiger partial charge in [0.2, 0.25) is 0 Å². The minimum absolute atomic E-state index is 0.213. The van der Waals surface area contributed by atoms with Crippen molar-refractivity contribution in [2.45, 2.75) is 13.8 Å². The Kier molecular flexibility index (Phi) is 15.7. The van der Waals surface area contributed by atoms with E-state index in [2.05, 4.69) is 0 Å². The number of carbonyl (C=O) groups is 2. The number of carboxylic acids is 2. The molecular weight excluding hydrogens is 202 g/mol. The normalized spacial score (nSPS) is 7.80. The summed E-state index contributed by atoms with van der Waals surface area (Å²) < 4.78 is 0. The predicted octanol–water partition coefficient (Wildman–Crippen LogP) is -0.334. The van der Waals surface area contributed by atoms with Crippen LogP contribution >= 0.6 is 0 Å². The molecule has 0 saturated heterocycles. The van der Waals surface area contributed by atoms with Crippen molar-refractivity contribution in [1.29, 1.82) is 5.41 Å². The Balaban J connectivity index is -0.000000155. The molecule has 0 aromatic heterocycles. The van der Waals surface area contributed by atoms with Crippen molar-refractivity contribution < 1.29 is 19.8 Å². The fourth-order valence-electron chi connectivity index (χ4n) is 0.341. The van der Waals surface area contributed by atoms with Crippen LogP contribution in [-0.4, -0.2) is 53.5 Å². The highest BCUT2D eigenvalue weighted by molar-refractivity contribution is 5.78. The molecule has 0 heterocycles. The van der Waals surface area contributed by atoms with Gasteiger partial charge >= 0.3 is 0 Å². The number of hydrogen-bond acceptors (Lipinski definition) is 4. The van der Waals surface area contributed by atoms with E-state index in [4.69, 9.17) is 30.9 Å². The van der Waals surface area contributed by atoms with Crippen LogP contribution in [0.15, 0.2) is 0 Å². The van der Waals surface area contributed by atoms with E-state index < -0.39 is 11.9 Å². The molecule has 7 nitrogen and oxygen atoms in total. The smallest absolute Gasteiger partial charge is 0.300 e. The van der Waals surface area contributed by atoms with Gasteiger partial charge in [0, 0.05) is 13.8 Å². The maximum absolute atomic E-state index is 9.00. The van der Waals surface area contributed by atoms with Crippen LogP contribution in [-0.2, 0) is 9.59 Å². The molecule has 0 spiro atoms. The van der Waals surface area contributed by atoms with Crippen LogP contribution in [0.2, 0.25) is 0 Å². The molecule has 0 fully saturated rings. The predicted molar refractivity (Wildman–Crippen MR) is 57.1 cm³/mol. The van der Waals surface area contributed by atoms with E-state index in [1.54, 1.807) is 0 Å². The third-order valence-electron chi connectivity index (χ3n) is 0.487. The summed E-state index contributed by atoms with van der Waals surface area (Å²) in [7, 11) is 3.75. The van der Waals surface area contributed by atoms with Gasteiger partial charge < -0.3 is 20.8 Å². The molecule has 90 valence electrons. The van der Waals surface area contributed by atoms with Gasteiger partial charge in [-0.3, -0.25) is 15.0 Å². The lowest BCUT2D eigenvalue weighted by molar-refractivity contribution is -0.135. The molecule has 0 aliphatic carbocycles. The van der Waals surface area contributed by atoms with Gasteiger partial charge in [-0.1, -0.05) is 0 Å². The Labute approximate surface area is 89.0 Å². The molecule has 7 heteroatoms. The second-order valence-electron chi connectivity index (χ2n) is 2.80. The highest BCUT2D eigenvalue weighted by atomic mass is 16.4. The molecule has 15 heavy (non-hydrogen) atoms. The maximum Gasteiger partial charge on any atom is 0.300 e. The molecule has 0 saturated carbocycles. The number of rotatable bonds is 2. The number of nitrogens with one attached hydrogen (secondary N) is 1. The highest BCUT2D eigenvalue weighted by Gasteiger charge is 1.87. The average Bonchev–Trinajstić information content (AvgIpc) is 1.78. The minimum Gasteiger partial charge on any atom is -0.481 e. The van der Waals surface area contributed by atoms with Crippen molar-refractivity contribution in [2.75, 3.05) is 20.6 Å². The van der Waals surface area contributed by atoms with Gasteiger partial charge in [-0.05, 0) is 14.1 Å². The maximum atomic E-state index is 9.00. The van der Waals surface area contributed by atoms with Crippen LogP contribution < -0.4 is 5.73 Å². The Bertz CT molecular complexity index is 184. The second kappa shape index (κ2) is 12.4. The van der Waals surface area contributed by atoms with Gasteiger partial charge in [0.05, 0.1) is 6.54 Å². The van der Waals surface area contributed by atoms with Gasteiger partial charge in [0.15, 0.2) is 0 Å². The van der Waals surface area contributed by atoms with Crippen LogP contribution in [0.3, 0.4) is 0 Å². The molecule has 0 rings (SSSR count). The van der Waals surface area contributed by atoms with Crippen molar-refractivity contribution in [3.05, 3.63) is 0 Å². The Morgan fingerprint density at radius 3 is 1.40 bits per heavy atom. The first-order valence-electron chi connectivity index (χ1n) is 3.96. The van der Waals surface area contributed by atoms with Crippen LogP contribution in [0.25, 0.3) is 0 Å². The van der Waals surface area contributed by atoms with E-state index in [9.17, 15) is 0 Å². The number of hydrogen-bond donors (Lipinski definition) is 4. The number of nitrogens with two attached hydrogens (primary N) is 1. The minimum atomic E-state index is -0.833. The summed E-state index contributed by atoms with van der Waals surface area (Å²) in [6, 6.07) is 0. The lowest BCUT2D eigenvalue weighted by atomic mass is 10.6. The standard InChI is InChI=1S/C4H11N3.2C2H4O2/c1-7(2)3-4(5)6;2*1-2(3)4/h3H2,1-2H3,(H3,5,6);2*1H3,(H,3,4). The molecular formula is C8H19N3O4. The van der Waals surface area contributed by atoms with E-state index >= 15 is 0 Å². The molecule has 5 N–H and O–H groups in total. The zero-order valence-corrected chi connectivity index (χ0v) is 9.44. The fraction of sp³-hybridized carbons (Fsp3) is 0.625. The van der Waals surface area contributed by atoms with Gasteiger partial charge in [0.25, 0.3) is 11.9 Å². The quantitative estimate of drug-likeness (QED) is 0.373. The second-order valence-corrected chi connectivity index (χ2v) is 2.80. The van der Waals surface area contributed by atoms with Crippen molar-refractivity contribution in [1.82, 2.24) is 4.90 Å². The number of likely N-dealkylation sites (N-methyl/N-ethyl adjacent to an activating group) is 1. The molecule has 0 aliphatic rings. The first kappa shape index (κ1) is 19.0. The van der Waals surface area contributed by atoms with Crippen molar-refractivity contribution in [2.24, 2.45) is 5.73 Å². The zero-order chi connectivity index (χ0) is 13.0. The molecule has 0 unspecified atom stereocenters. The van der Waals surface area contributed by atoms with Gasteiger partial charge in [0.1, 0.15) is 5.84 Å². The Morgan fingerprint density at radius 2 is 1.40 bits per heavy atom. The third-order valence-corrected chi connectivity index (χ3v) is 0.487. The summed E-state index contributed by atoms with van der Waals surface area (Å²) in [5.41, 5.74) is 5.04. The van der Waals surface area contributed by atoms with E-state index in [-0.39, 0.29) is 5.84 Å². The van der Waals surface area contributed by atoms with E-state index in [0.717, 1.165) is 13.8 Å². The molecule has 0 aromatic rings. The number of amidine groups is 1. The lowest BCUT2D eigenvalue weighted by Gasteiger charge is -2.05. The average molecular weight is 221 g/mol. The van der Waals surface area contributed by atoms with Crippen molar-refractivity contribution >= 4 is 17.8 Å². The van der Waals surface area contributed by atoms with Gasteiger partial charge in [-0.2, -0.15) is 0 Å². The summed E-state index contributed by atoms with van der Waals surface area (Å²) in [6.07, 6.45) is 0. The van der Waals surface area contributed by atoms with Crippen LogP contribution in [0.4, 0.5) is 0 Å². The largest absolute Gasteiger partial charge is 0.481 e. The van der Waals surface area contributed by atoms with Crippen LogP contribution in [0, 0.1) is 5.41 Å². The third kappa shape index (κ3) is 237. The summed E-state index contributed by atoms with van der Waals surface area (Å²) in [5, 5.41) is 21.6. The first-order chi connectivity index (χ1) is 6.59. The molecule has 0 atom stereocenters. The fourth-order valence-corrected chi connectivity index (χ4v) is 0.341. The Morgan fingerprint density at radius 1 is 1.20 bits per heavy atom. The number of carboxylic acid groups (broad SMARTS) is 2. The highest BCUT2D eigenvalue weighted by Crippen LogP contribution is 1.67. The van der Waals surface area contributed by atoms with Gasteiger partial charge in [-0.15, -0.1) is 0 Å². The van der Waals surface area contributed by atoms with E-state index in [1.165, 1.54) is 0 Å². The van der Waals surface area contributed by atoms with Crippen molar-refractivity contribution in [3.8, 4) is 0 Å². The van der Waals surface area contributed by atoms with E-state index in [0.29, 0.717) is 6.54 Å². The van der Waals surface area contributed by atoms with Crippen LogP contribution in [0.5, 0.6) is 0 Å². The Hall–Kier alpha value is -1.63. The lowest BCUT2D eigenvalue weighted by Crippen LogP contribution is -2.26. The SMILES string of the molecule is CC(=O)O.CC(=O)O.CN(C)CC(=N)N. The zero-order valence-electron chi connectivity index (χ0n) is 9.44.